The molecule has 3 N–H and O–H groups in total. The molecule has 0 fully saturated rings. The van der Waals surface area contributed by atoms with Crippen molar-refractivity contribution in [2.24, 2.45) is 5.73 Å². The third-order valence-corrected chi connectivity index (χ3v) is 2.30. The third-order valence-electron chi connectivity index (χ3n) is 2.30. The van der Waals surface area contributed by atoms with Gasteiger partial charge in [-0.25, -0.2) is 0 Å². The van der Waals surface area contributed by atoms with Crippen molar-refractivity contribution in [2.75, 3.05) is 11.9 Å². The van der Waals surface area contributed by atoms with E-state index in [0.717, 1.165) is 13.0 Å². The Kier molecular flexibility index (Phi) is 3.96. The Morgan fingerprint density at radius 1 is 1.36 bits per heavy atom. The quantitative estimate of drug-likeness (QED) is 0.769. The number of hydrogen-bond acceptors (Lipinski definition) is 2. The van der Waals surface area contributed by atoms with Gasteiger partial charge < -0.3 is 11.1 Å². The summed E-state index contributed by atoms with van der Waals surface area (Å²) in [5, 5.41) is 3.39. The van der Waals surface area contributed by atoms with E-state index in [1.165, 1.54) is 16.8 Å². The number of benzene rings is 1. The summed E-state index contributed by atoms with van der Waals surface area (Å²) in [6.45, 7) is 7.21. The molecule has 14 heavy (non-hydrogen) atoms. The number of anilines is 1. The summed E-state index contributed by atoms with van der Waals surface area (Å²) in [6, 6.07) is 6.72. The van der Waals surface area contributed by atoms with Gasteiger partial charge in [-0.1, -0.05) is 17.7 Å². The van der Waals surface area contributed by atoms with Crippen LogP contribution in [0.2, 0.25) is 0 Å². The van der Waals surface area contributed by atoms with Crippen LogP contribution in [0, 0.1) is 13.8 Å². The van der Waals surface area contributed by atoms with Crippen molar-refractivity contribution in [3.63, 3.8) is 0 Å². The van der Waals surface area contributed by atoms with Gasteiger partial charge in [-0.3, -0.25) is 0 Å². The largest absolute Gasteiger partial charge is 0.385 e. The fourth-order valence-corrected chi connectivity index (χ4v) is 1.45. The van der Waals surface area contributed by atoms with Gasteiger partial charge in [0.2, 0.25) is 0 Å². The van der Waals surface area contributed by atoms with E-state index >= 15 is 0 Å². The van der Waals surface area contributed by atoms with Crippen molar-refractivity contribution >= 4 is 5.69 Å². The highest BCUT2D eigenvalue weighted by atomic mass is 14.9. The molecular formula is C12H20N2. The van der Waals surface area contributed by atoms with Crippen LogP contribution < -0.4 is 11.1 Å². The van der Waals surface area contributed by atoms with E-state index in [2.05, 4.69) is 37.4 Å². The fraction of sp³-hybridized carbons (Fsp3) is 0.500. The topological polar surface area (TPSA) is 38.0 Å². The SMILES string of the molecule is Cc1ccc(NCCC(C)N)c(C)c1. The maximum Gasteiger partial charge on any atom is 0.0370 e. The number of rotatable bonds is 4. The highest BCUT2D eigenvalue weighted by Crippen LogP contribution is 2.15. The van der Waals surface area contributed by atoms with Crippen LogP contribution in [0.4, 0.5) is 5.69 Å². The van der Waals surface area contributed by atoms with Crippen LogP contribution in [-0.2, 0) is 0 Å². The fourth-order valence-electron chi connectivity index (χ4n) is 1.45. The van der Waals surface area contributed by atoms with Crippen LogP contribution in [-0.4, -0.2) is 12.6 Å². The van der Waals surface area contributed by atoms with E-state index in [-0.39, 0.29) is 6.04 Å². The molecule has 0 saturated carbocycles. The van der Waals surface area contributed by atoms with Crippen molar-refractivity contribution in [3.8, 4) is 0 Å². The summed E-state index contributed by atoms with van der Waals surface area (Å²) < 4.78 is 0. The maximum absolute atomic E-state index is 5.68. The van der Waals surface area contributed by atoms with E-state index in [0.29, 0.717) is 0 Å². The molecule has 1 rings (SSSR count). The summed E-state index contributed by atoms with van der Waals surface area (Å²) in [4.78, 5) is 0. The van der Waals surface area contributed by atoms with E-state index in [1.54, 1.807) is 0 Å². The molecule has 2 nitrogen and oxygen atoms in total. The van der Waals surface area contributed by atoms with E-state index < -0.39 is 0 Å². The minimum Gasteiger partial charge on any atom is -0.385 e. The average molecular weight is 192 g/mol. The molecule has 0 heterocycles. The van der Waals surface area contributed by atoms with Crippen LogP contribution in [0.5, 0.6) is 0 Å². The molecule has 78 valence electrons. The van der Waals surface area contributed by atoms with Crippen LogP contribution in [0.25, 0.3) is 0 Å². The first-order chi connectivity index (χ1) is 6.59. The molecular weight excluding hydrogens is 172 g/mol. The summed E-state index contributed by atoms with van der Waals surface area (Å²) in [5.74, 6) is 0. The van der Waals surface area contributed by atoms with E-state index in [1.807, 2.05) is 6.92 Å². The van der Waals surface area contributed by atoms with Crippen LogP contribution >= 0.6 is 0 Å². The van der Waals surface area contributed by atoms with Crippen LogP contribution in [0.3, 0.4) is 0 Å². The van der Waals surface area contributed by atoms with E-state index in [4.69, 9.17) is 5.73 Å². The Morgan fingerprint density at radius 2 is 2.07 bits per heavy atom. The van der Waals surface area contributed by atoms with Gasteiger partial charge in [0.05, 0.1) is 0 Å². The summed E-state index contributed by atoms with van der Waals surface area (Å²) in [5.41, 5.74) is 9.50. The molecule has 0 aliphatic carbocycles. The lowest BCUT2D eigenvalue weighted by molar-refractivity contribution is 0.690. The Hall–Kier alpha value is -1.02. The Labute approximate surface area is 86.5 Å². The van der Waals surface area contributed by atoms with Gasteiger partial charge in [0.25, 0.3) is 0 Å². The first-order valence-electron chi connectivity index (χ1n) is 5.16. The van der Waals surface area contributed by atoms with Gasteiger partial charge in [0.15, 0.2) is 0 Å². The lowest BCUT2D eigenvalue weighted by Gasteiger charge is -2.11. The minimum atomic E-state index is 0.272. The van der Waals surface area contributed by atoms with E-state index in [9.17, 15) is 0 Å². The summed E-state index contributed by atoms with van der Waals surface area (Å²) in [7, 11) is 0. The molecule has 0 aliphatic rings. The number of hydrogen-bond donors (Lipinski definition) is 2. The molecule has 0 bridgehead atoms. The zero-order valence-corrected chi connectivity index (χ0v) is 9.30. The predicted molar refractivity (Wildman–Crippen MR) is 62.7 cm³/mol. The molecule has 0 aromatic heterocycles. The zero-order valence-electron chi connectivity index (χ0n) is 9.30. The smallest absolute Gasteiger partial charge is 0.0370 e. The van der Waals surface area contributed by atoms with Crippen molar-refractivity contribution in [3.05, 3.63) is 29.3 Å². The van der Waals surface area contributed by atoms with Gasteiger partial charge in [-0.05, 0) is 38.8 Å². The molecule has 1 unspecified atom stereocenters. The van der Waals surface area contributed by atoms with Crippen LogP contribution in [0.1, 0.15) is 24.5 Å². The lowest BCUT2D eigenvalue weighted by atomic mass is 10.1. The third kappa shape index (κ3) is 3.38. The second-order valence-electron chi connectivity index (χ2n) is 4.01. The number of aryl methyl sites for hydroxylation is 2. The standard InChI is InChI=1S/C12H20N2/c1-9-4-5-12(10(2)8-9)14-7-6-11(3)13/h4-5,8,11,14H,6-7,13H2,1-3H3. The Morgan fingerprint density at radius 3 is 2.64 bits per heavy atom. The molecule has 1 atom stereocenters. The number of nitrogens with two attached hydrogens (primary N) is 1. The average Bonchev–Trinajstić information content (AvgIpc) is 2.08. The zero-order chi connectivity index (χ0) is 10.6. The van der Waals surface area contributed by atoms with Gasteiger partial charge >= 0.3 is 0 Å². The predicted octanol–water partition coefficient (Wildman–Crippen LogP) is 2.45. The first-order valence-corrected chi connectivity index (χ1v) is 5.16. The highest BCUT2D eigenvalue weighted by Gasteiger charge is 1.98. The molecule has 1 aromatic rings. The maximum atomic E-state index is 5.68. The van der Waals surface area contributed by atoms with Crippen molar-refractivity contribution in [1.82, 2.24) is 0 Å². The van der Waals surface area contributed by atoms with Gasteiger partial charge in [-0.15, -0.1) is 0 Å². The molecule has 2 heteroatoms. The summed E-state index contributed by atoms with van der Waals surface area (Å²) >= 11 is 0. The molecule has 0 radical (unpaired) electrons. The molecule has 0 aliphatic heterocycles. The van der Waals surface area contributed by atoms with Crippen molar-refractivity contribution in [2.45, 2.75) is 33.2 Å². The first kappa shape index (κ1) is 11.1. The second kappa shape index (κ2) is 5.01. The van der Waals surface area contributed by atoms with Crippen molar-refractivity contribution in [1.29, 1.82) is 0 Å². The van der Waals surface area contributed by atoms with Crippen LogP contribution in [0.15, 0.2) is 18.2 Å². The Balaban J connectivity index is 2.51. The van der Waals surface area contributed by atoms with Crippen molar-refractivity contribution < 1.29 is 0 Å². The highest BCUT2D eigenvalue weighted by molar-refractivity contribution is 5.51. The Bertz CT molecular complexity index is 292. The second-order valence-corrected chi connectivity index (χ2v) is 4.01. The molecule has 1 aromatic carbocycles. The molecule has 0 amide bonds. The lowest BCUT2D eigenvalue weighted by Crippen LogP contribution is -2.19. The van der Waals surface area contributed by atoms with Gasteiger partial charge in [-0.2, -0.15) is 0 Å². The van der Waals surface area contributed by atoms with Gasteiger partial charge in [0, 0.05) is 18.3 Å². The normalized spacial score (nSPS) is 12.6. The monoisotopic (exact) mass is 192 g/mol. The van der Waals surface area contributed by atoms with Gasteiger partial charge in [0.1, 0.15) is 0 Å². The molecule has 0 spiro atoms. The summed E-state index contributed by atoms with van der Waals surface area (Å²) in [6.07, 6.45) is 1.01. The molecule has 0 saturated heterocycles. The minimum absolute atomic E-state index is 0.272. The number of nitrogens with one attached hydrogen (secondary N) is 1.